The van der Waals surface area contributed by atoms with E-state index >= 15 is 0 Å². The first-order chi connectivity index (χ1) is 11.1. The number of methoxy groups -OCH3 is 1. The van der Waals surface area contributed by atoms with Gasteiger partial charge in [-0.05, 0) is 24.3 Å². The number of fused-ring (bicyclic) bond motifs is 1. The highest BCUT2D eigenvalue weighted by Gasteiger charge is 2.24. The van der Waals surface area contributed by atoms with E-state index in [2.05, 4.69) is 22.9 Å². The average molecular weight is 400 g/mol. The van der Waals surface area contributed by atoms with Crippen LogP contribution < -0.4 is 0 Å². The molecule has 0 radical (unpaired) electrons. The van der Waals surface area contributed by atoms with Gasteiger partial charge in [0.1, 0.15) is 0 Å². The summed E-state index contributed by atoms with van der Waals surface area (Å²) in [5.41, 5.74) is 1.65. The molecule has 4 nitrogen and oxygen atoms in total. The lowest BCUT2D eigenvalue weighted by Gasteiger charge is -2.05. The molecule has 0 saturated carbocycles. The van der Waals surface area contributed by atoms with Crippen molar-refractivity contribution >= 4 is 44.6 Å². The summed E-state index contributed by atoms with van der Waals surface area (Å²) in [4.78, 5) is 12.1. The van der Waals surface area contributed by atoms with Gasteiger partial charge in [0.05, 0.1) is 12.6 Å². The van der Waals surface area contributed by atoms with Crippen LogP contribution in [0, 0.1) is 0 Å². The molecule has 2 aromatic rings. The molecular weight excluding hydrogens is 378 g/mol. The van der Waals surface area contributed by atoms with Gasteiger partial charge in [-0.1, -0.05) is 48.2 Å². The molecule has 0 aliphatic rings. The van der Waals surface area contributed by atoms with Crippen molar-refractivity contribution in [2.45, 2.75) is 38.4 Å². The molecule has 0 fully saturated rings. The zero-order valence-electron chi connectivity index (χ0n) is 13.5. The van der Waals surface area contributed by atoms with Crippen molar-refractivity contribution in [1.29, 1.82) is 0 Å². The molecule has 0 aliphatic heterocycles. The third-order valence-corrected chi connectivity index (χ3v) is 5.52. The van der Waals surface area contributed by atoms with E-state index in [0.29, 0.717) is 11.3 Å². The lowest BCUT2D eigenvalue weighted by molar-refractivity contribution is 0.0552. The number of hydrogen-bond acceptors (Lipinski definition) is 4. The molecule has 0 saturated heterocycles. The average Bonchev–Trinajstić information content (AvgIpc) is 2.84. The van der Waals surface area contributed by atoms with Crippen LogP contribution in [0.15, 0.2) is 22.7 Å². The van der Waals surface area contributed by atoms with Crippen molar-refractivity contribution in [3.8, 4) is 0 Å². The molecular formula is C17H22BrNO3S. The predicted molar refractivity (Wildman–Crippen MR) is 98.5 cm³/mol. The third-order valence-electron chi connectivity index (χ3n) is 3.79. The van der Waals surface area contributed by atoms with Crippen molar-refractivity contribution in [3.05, 3.63) is 33.9 Å². The first-order valence-electron chi connectivity index (χ1n) is 7.78. The van der Waals surface area contributed by atoms with Gasteiger partial charge >= 0.3 is 5.97 Å². The van der Waals surface area contributed by atoms with Gasteiger partial charge < -0.3 is 9.94 Å². The predicted octanol–water partition coefficient (Wildman–Crippen LogP) is 5.24. The van der Waals surface area contributed by atoms with Gasteiger partial charge in [0.2, 0.25) is 0 Å². The Labute approximate surface area is 149 Å². The maximum absolute atomic E-state index is 12.1. The lowest BCUT2D eigenvalue weighted by Crippen LogP contribution is -2.10. The number of aromatic nitrogens is 1. The maximum Gasteiger partial charge on any atom is 0.358 e. The van der Waals surface area contributed by atoms with Crippen LogP contribution in [0.5, 0.6) is 0 Å². The second-order valence-corrected chi connectivity index (χ2v) is 7.34. The number of esters is 1. The van der Waals surface area contributed by atoms with Crippen molar-refractivity contribution in [2.75, 3.05) is 12.9 Å². The van der Waals surface area contributed by atoms with E-state index in [4.69, 9.17) is 4.74 Å². The first-order valence-corrected chi connectivity index (χ1v) is 9.73. The van der Waals surface area contributed by atoms with E-state index in [0.717, 1.165) is 25.9 Å². The number of unbranched alkanes of at least 4 members (excludes halogenated alkanes) is 3. The SMILES string of the molecule is CCCCCCSCc1c(C(=O)OC)n(O)c2cccc(Br)c12. The smallest absolute Gasteiger partial charge is 0.358 e. The highest BCUT2D eigenvalue weighted by molar-refractivity contribution is 9.10. The molecule has 1 aromatic heterocycles. The van der Waals surface area contributed by atoms with Crippen LogP contribution in [0.3, 0.4) is 0 Å². The normalized spacial score (nSPS) is 11.1. The maximum atomic E-state index is 12.1. The summed E-state index contributed by atoms with van der Waals surface area (Å²) in [5.74, 6) is 1.20. The van der Waals surface area contributed by atoms with E-state index in [9.17, 15) is 10.0 Å². The van der Waals surface area contributed by atoms with Crippen LogP contribution in [0.25, 0.3) is 10.9 Å². The third kappa shape index (κ3) is 4.04. The van der Waals surface area contributed by atoms with Crippen molar-refractivity contribution in [2.24, 2.45) is 0 Å². The molecule has 0 aliphatic carbocycles. The summed E-state index contributed by atoms with van der Waals surface area (Å²) in [5, 5.41) is 11.2. The van der Waals surface area contributed by atoms with Crippen molar-refractivity contribution < 1.29 is 14.7 Å². The second kappa shape index (κ2) is 8.64. The van der Waals surface area contributed by atoms with Gasteiger partial charge in [0.15, 0.2) is 5.69 Å². The van der Waals surface area contributed by atoms with Gasteiger partial charge in [-0.15, -0.1) is 0 Å². The van der Waals surface area contributed by atoms with E-state index in [-0.39, 0.29) is 5.69 Å². The van der Waals surface area contributed by atoms with Gasteiger partial charge in [0, 0.05) is 21.2 Å². The van der Waals surface area contributed by atoms with Gasteiger partial charge in [-0.3, -0.25) is 0 Å². The molecule has 0 atom stereocenters. The zero-order valence-corrected chi connectivity index (χ0v) is 15.9. The molecule has 126 valence electrons. The fraction of sp³-hybridized carbons (Fsp3) is 0.471. The summed E-state index contributed by atoms with van der Waals surface area (Å²) in [6.07, 6.45) is 4.89. The Morgan fingerprint density at radius 1 is 1.35 bits per heavy atom. The van der Waals surface area contributed by atoms with Crippen molar-refractivity contribution in [3.63, 3.8) is 0 Å². The number of rotatable bonds is 8. The first kappa shape index (κ1) is 18.2. The molecule has 1 aromatic carbocycles. The fourth-order valence-corrected chi connectivity index (χ4v) is 4.24. The van der Waals surface area contributed by atoms with E-state index in [1.165, 1.54) is 32.8 Å². The van der Waals surface area contributed by atoms with Gasteiger partial charge in [-0.2, -0.15) is 16.5 Å². The van der Waals surface area contributed by atoms with Crippen LogP contribution in [0.2, 0.25) is 0 Å². The number of carbonyl (C=O) groups excluding carboxylic acids is 1. The summed E-state index contributed by atoms with van der Waals surface area (Å²) in [6.45, 7) is 2.20. The van der Waals surface area contributed by atoms with Crippen LogP contribution in [-0.2, 0) is 10.5 Å². The molecule has 23 heavy (non-hydrogen) atoms. The number of ether oxygens (including phenoxy) is 1. The zero-order chi connectivity index (χ0) is 16.8. The highest BCUT2D eigenvalue weighted by atomic mass is 79.9. The topological polar surface area (TPSA) is 51.5 Å². The standard InChI is InChI=1S/C17H22BrNO3S/c1-3-4-5-6-10-23-11-12-15-13(18)8-7-9-14(15)19(21)16(12)17(20)22-2/h7-9,21H,3-6,10-11H2,1-2H3. The lowest BCUT2D eigenvalue weighted by atomic mass is 10.1. The van der Waals surface area contributed by atoms with Crippen LogP contribution in [0.1, 0.15) is 48.7 Å². The molecule has 6 heteroatoms. The summed E-state index contributed by atoms with van der Waals surface area (Å²) in [6, 6.07) is 5.54. The largest absolute Gasteiger partial charge is 0.464 e. The Kier molecular flexibility index (Phi) is 6.84. The molecule has 0 unspecified atom stereocenters. The molecule has 1 heterocycles. The fourth-order valence-electron chi connectivity index (χ4n) is 2.61. The Morgan fingerprint density at radius 3 is 2.83 bits per heavy atom. The van der Waals surface area contributed by atoms with E-state index in [1.54, 1.807) is 17.8 Å². The van der Waals surface area contributed by atoms with Crippen LogP contribution in [-0.4, -0.2) is 28.8 Å². The Morgan fingerprint density at radius 2 is 2.13 bits per heavy atom. The Bertz CT molecular complexity index is 684. The Balaban J connectivity index is 2.27. The molecule has 2 rings (SSSR count). The minimum absolute atomic E-state index is 0.218. The van der Waals surface area contributed by atoms with Crippen LogP contribution in [0.4, 0.5) is 0 Å². The molecule has 0 bridgehead atoms. The number of halogens is 1. The number of nitrogens with zero attached hydrogens (tertiary/aromatic N) is 1. The number of hydrogen-bond donors (Lipinski definition) is 1. The summed E-state index contributed by atoms with van der Waals surface area (Å²) >= 11 is 5.31. The van der Waals surface area contributed by atoms with Gasteiger partial charge in [0.25, 0.3) is 0 Å². The number of thioether (sulfide) groups is 1. The quantitative estimate of drug-likeness (QED) is 0.374. The minimum Gasteiger partial charge on any atom is -0.464 e. The summed E-state index contributed by atoms with van der Waals surface area (Å²) < 4.78 is 6.66. The van der Waals surface area contributed by atoms with Crippen LogP contribution >= 0.6 is 27.7 Å². The Hall–Kier alpha value is -1.14. The number of carbonyl (C=O) groups is 1. The van der Waals surface area contributed by atoms with E-state index < -0.39 is 5.97 Å². The molecule has 0 spiro atoms. The van der Waals surface area contributed by atoms with E-state index in [1.807, 2.05) is 12.1 Å². The number of benzene rings is 1. The summed E-state index contributed by atoms with van der Waals surface area (Å²) in [7, 11) is 1.33. The monoisotopic (exact) mass is 399 g/mol. The second-order valence-electron chi connectivity index (χ2n) is 5.38. The minimum atomic E-state index is -0.516. The van der Waals surface area contributed by atoms with Crippen molar-refractivity contribution in [1.82, 2.24) is 4.73 Å². The highest BCUT2D eigenvalue weighted by Crippen LogP contribution is 2.34. The molecule has 1 N–H and O–H groups in total. The van der Waals surface area contributed by atoms with Gasteiger partial charge in [-0.25, -0.2) is 4.79 Å². The molecule has 0 amide bonds.